The summed E-state index contributed by atoms with van der Waals surface area (Å²) in [6.07, 6.45) is 1.12. The number of aromatic nitrogens is 3. The van der Waals surface area contributed by atoms with E-state index < -0.39 is 5.66 Å². The molecule has 0 amide bonds. The lowest BCUT2D eigenvalue weighted by atomic mass is 10.1. The van der Waals surface area contributed by atoms with Gasteiger partial charge < -0.3 is 26.6 Å². The van der Waals surface area contributed by atoms with Crippen molar-refractivity contribution in [1.82, 2.24) is 19.9 Å². The molecule has 2 aliphatic rings. The third-order valence-corrected chi connectivity index (χ3v) is 10.0. The van der Waals surface area contributed by atoms with Gasteiger partial charge in [-0.25, -0.2) is 4.99 Å². The predicted molar refractivity (Wildman–Crippen MR) is 250 cm³/mol. The maximum absolute atomic E-state index is 6.21. The van der Waals surface area contributed by atoms with Gasteiger partial charge in [-0.2, -0.15) is 19.9 Å². The Hall–Kier alpha value is -3.14. The normalized spacial score (nSPS) is 13.3. The standard InChI is InChI=1S/C17H19ClN2S.C11H14ClN5.C9H5Cl3N4.3ClH/c1-19(2)10-5-11-20-14-6-3-4-7-16(14)21-17-9-8-13(18)12-15(17)20;1-11(2)16-9(13)15-10(14)17(11)8-5-3-7(12)4-6-8;10-5-3-1-2-4-6(5)13-9-15-7(11)14-8(12)16-9;;;/h3-4,6-9,12H,5,10-11H2,1-2H3;3-6H,1-2H3,(H4,13,14,15,16);1-4H,(H,13,14,15,16);3*1H. The number of rotatable bonds is 7. The number of benzene rings is 4. The largest absolute Gasteiger partial charge is 0.369 e. The van der Waals surface area contributed by atoms with Crippen molar-refractivity contribution < 1.29 is 0 Å². The molecule has 0 atom stereocenters. The summed E-state index contributed by atoms with van der Waals surface area (Å²) in [5, 5.41) is 4.95. The molecular weight excluding hydrogens is 914 g/mol. The Morgan fingerprint density at radius 3 is 1.96 bits per heavy atom. The quantitative estimate of drug-likeness (QED) is 0.145. The van der Waals surface area contributed by atoms with Crippen LogP contribution in [0, 0.1) is 0 Å². The van der Waals surface area contributed by atoms with Crippen molar-refractivity contribution in [1.29, 1.82) is 0 Å². The molecule has 7 rings (SSSR count). The summed E-state index contributed by atoms with van der Waals surface area (Å²) in [5.41, 5.74) is 15.0. The molecule has 3 heterocycles. The topological polar surface area (TPSA) is 137 Å². The Balaban J connectivity index is 0.000000291. The van der Waals surface area contributed by atoms with E-state index in [9.17, 15) is 0 Å². The molecule has 4 aromatic carbocycles. The number of halogens is 8. The summed E-state index contributed by atoms with van der Waals surface area (Å²) >= 11 is 31.1. The number of para-hydroxylation sites is 2. The van der Waals surface area contributed by atoms with E-state index in [1.165, 1.54) is 21.2 Å². The van der Waals surface area contributed by atoms with Crippen molar-refractivity contribution in [3.8, 4) is 0 Å². The number of nitrogens with zero attached hydrogens (tertiary/aromatic N) is 8. The highest BCUT2D eigenvalue weighted by molar-refractivity contribution is 7.99. The number of hydrogen-bond donors (Lipinski definition) is 3. The lowest BCUT2D eigenvalue weighted by Gasteiger charge is -2.38. The van der Waals surface area contributed by atoms with Gasteiger partial charge in [0.05, 0.1) is 22.1 Å². The average Bonchev–Trinajstić information content (AvgIpc) is 3.09. The van der Waals surface area contributed by atoms with Crippen LogP contribution in [0.4, 0.5) is 28.7 Å². The maximum Gasteiger partial charge on any atom is 0.232 e. The molecule has 306 valence electrons. The number of nitrogens with one attached hydrogen (secondary N) is 1. The van der Waals surface area contributed by atoms with Crippen LogP contribution in [-0.4, -0.2) is 64.6 Å². The van der Waals surface area contributed by atoms with Crippen LogP contribution in [0.5, 0.6) is 0 Å². The van der Waals surface area contributed by atoms with Crippen LogP contribution in [-0.2, 0) is 0 Å². The van der Waals surface area contributed by atoms with Crippen molar-refractivity contribution >= 4 is 148 Å². The fourth-order valence-electron chi connectivity index (χ4n) is 5.49. The highest BCUT2D eigenvalue weighted by atomic mass is 35.5. The molecule has 57 heavy (non-hydrogen) atoms. The van der Waals surface area contributed by atoms with E-state index in [2.05, 4.69) is 90.5 Å². The molecule has 0 fully saturated rings. The van der Waals surface area contributed by atoms with Gasteiger partial charge in [0.2, 0.25) is 28.4 Å². The molecule has 5 aromatic rings. The number of guanidine groups is 2. The summed E-state index contributed by atoms with van der Waals surface area (Å²) in [6, 6.07) is 29.3. The second-order valence-electron chi connectivity index (χ2n) is 12.5. The lowest BCUT2D eigenvalue weighted by molar-refractivity contribution is 0.402. The first-order chi connectivity index (χ1) is 25.7. The van der Waals surface area contributed by atoms with Gasteiger partial charge in [0.25, 0.3) is 0 Å². The smallest absolute Gasteiger partial charge is 0.232 e. The van der Waals surface area contributed by atoms with Gasteiger partial charge in [-0.3, -0.25) is 4.90 Å². The van der Waals surface area contributed by atoms with E-state index >= 15 is 0 Å². The van der Waals surface area contributed by atoms with Gasteiger partial charge in [-0.1, -0.05) is 70.8 Å². The van der Waals surface area contributed by atoms with Crippen LogP contribution in [0.3, 0.4) is 0 Å². The molecule has 5 N–H and O–H groups in total. The fraction of sp³-hybridized carbons (Fsp3) is 0.216. The highest BCUT2D eigenvalue weighted by Gasteiger charge is 2.32. The SMILES string of the molecule is CC1(C)N=C(N)N=C(N)N1c1ccc(Cl)cc1.CN(C)CCCN1c2ccccc2Sc2ccc(Cl)cc21.Cl.Cl.Cl.Clc1nc(Cl)nc(Nc2ccccc2Cl)n1. The molecule has 0 saturated carbocycles. The van der Waals surface area contributed by atoms with E-state index in [-0.39, 0.29) is 59.7 Å². The van der Waals surface area contributed by atoms with Gasteiger partial charge in [-0.05, 0) is 131 Å². The van der Waals surface area contributed by atoms with E-state index in [4.69, 9.17) is 69.5 Å². The summed E-state index contributed by atoms with van der Waals surface area (Å²) < 4.78 is 0. The monoisotopic (exact) mass is 951 g/mol. The van der Waals surface area contributed by atoms with Gasteiger partial charge in [0.15, 0.2) is 0 Å². The van der Waals surface area contributed by atoms with Crippen LogP contribution in [0.15, 0.2) is 111 Å². The molecule has 0 radical (unpaired) electrons. The van der Waals surface area contributed by atoms with Gasteiger partial charge in [0, 0.05) is 32.1 Å². The zero-order valence-corrected chi connectivity index (χ0v) is 38.1. The molecule has 0 bridgehead atoms. The Labute approximate surface area is 380 Å². The third-order valence-electron chi connectivity index (χ3n) is 7.75. The molecule has 20 heteroatoms. The van der Waals surface area contributed by atoms with E-state index in [0.717, 1.165) is 30.2 Å². The lowest BCUT2D eigenvalue weighted by Crippen LogP contribution is -2.54. The summed E-state index contributed by atoms with van der Waals surface area (Å²) in [6.45, 7) is 5.91. The molecule has 0 unspecified atom stereocenters. The molecule has 2 aliphatic heterocycles. The second kappa shape index (κ2) is 22.9. The number of anilines is 5. The average molecular weight is 956 g/mol. The van der Waals surface area contributed by atoms with Gasteiger partial charge in [0.1, 0.15) is 5.66 Å². The molecule has 1 aromatic heterocycles. The summed E-state index contributed by atoms with van der Waals surface area (Å²) in [4.78, 5) is 28.6. The molecular formula is C37H41Cl8N11S. The Kier molecular flexibility index (Phi) is 20.1. The highest BCUT2D eigenvalue weighted by Crippen LogP contribution is 2.48. The van der Waals surface area contributed by atoms with Crippen LogP contribution in [0.1, 0.15) is 20.3 Å². The van der Waals surface area contributed by atoms with E-state index in [1.807, 2.05) is 55.9 Å². The molecule has 11 nitrogen and oxygen atoms in total. The summed E-state index contributed by atoms with van der Waals surface area (Å²) in [5.74, 6) is 0.764. The molecule has 0 spiro atoms. The molecule has 0 saturated heterocycles. The van der Waals surface area contributed by atoms with Gasteiger partial charge in [-0.15, -0.1) is 37.2 Å². The maximum atomic E-state index is 6.21. The van der Waals surface area contributed by atoms with Crippen molar-refractivity contribution in [2.45, 2.75) is 35.7 Å². The van der Waals surface area contributed by atoms with Crippen LogP contribution in [0.2, 0.25) is 25.6 Å². The summed E-state index contributed by atoms with van der Waals surface area (Å²) in [7, 11) is 4.23. The van der Waals surface area contributed by atoms with Crippen molar-refractivity contribution in [2.75, 3.05) is 42.3 Å². The van der Waals surface area contributed by atoms with E-state index in [0.29, 0.717) is 21.7 Å². The number of aliphatic imine (C=N–C) groups is 2. The van der Waals surface area contributed by atoms with Gasteiger partial charge >= 0.3 is 0 Å². The molecule has 0 aliphatic carbocycles. The van der Waals surface area contributed by atoms with Crippen molar-refractivity contribution in [3.05, 3.63) is 117 Å². The van der Waals surface area contributed by atoms with Crippen LogP contribution < -0.4 is 26.6 Å². The minimum absolute atomic E-state index is 0. The zero-order valence-electron chi connectivity index (χ0n) is 31.0. The first kappa shape index (κ1) is 50.0. The van der Waals surface area contributed by atoms with Crippen LogP contribution >= 0.6 is 107 Å². The number of hydrogen-bond acceptors (Lipinski definition) is 12. The fourth-order valence-corrected chi connectivity index (χ4v) is 7.41. The minimum atomic E-state index is -0.566. The third kappa shape index (κ3) is 14.0. The Bertz CT molecular complexity index is 2120. The van der Waals surface area contributed by atoms with Crippen LogP contribution in [0.25, 0.3) is 0 Å². The first-order valence-electron chi connectivity index (χ1n) is 16.5. The van der Waals surface area contributed by atoms with Crippen molar-refractivity contribution in [3.63, 3.8) is 0 Å². The first-order valence-corrected chi connectivity index (χ1v) is 19.2. The Morgan fingerprint density at radius 1 is 0.737 bits per heavy atom. The zero-order chi connectivity index (χ0) is 39.0. The number of fused-ring (bicyclic) bond motifs is 2. The van der Waals surface area contributed by atoms with E-state index in [1.54, 1.807) is 29.2 Å². The Morgan fingerprint density at radius 2 is 1.33 bits per heavy atom. The predicted octanol–water partition coefficient (Wildman–Crippen LogP) is 11.3. The second-order valence-corrected chi connectivity index (χ2v) is 15.6. The number of nitrogens with two attached hydrogens (primary N) is 2. The van der Waals surface area contributed by atoms with Crippen molar-refractivity contribution in [2.24, 2.45) is 21.5 Å². The minimum Gasteiger partial charge on any atom is -0.369 e.